The maximum Gasteiger partial charge on any atom is 0.327 e. The predicted octanol–water partition coefficient (Wildman–Crippen LogP) is 1.50. The van der Waals surface area contributed by atoms with Crippen LogP contribution in [0.4, 0.5) is 0 Å². The molecule has 20 heavy (non-hydrogen) atoms. The summed E-state index contributed by atoms with van der Waals surface area (Å²) in [5.74, 6) is -0.720. The normalized spacial score (nSPS) is 22.2. The van der Waals surface area contributed by atoms with E-state index in [1.807, 2.05) is 13.8 Å². The standard InChI is InChI=1S/C13H19N3O3S/c1-4-5-11-16(10(7-20-11)13(18)19)12(17)9-6-14-15(3)8(9)2/h6,10-11H,4-5,7H2,1-3H3,(H,18,19). The van der Waals surface area contributed by atoms with Crippen LogP contribution in [0.3, 0.4) is 0 Å². The van der Waals surface area contributed by atoms with Crippen LogP contribution in [0.1, 0.15) is 35.8 Å². The van der Waals surface area contributed by atoms with Gasteiger partial charge in [-0.1, -0.05) is 13.3 Å². The molecule has 0 saturated carbocycles. The van der Waals surface area contributed by atoms with Crippen molar-refractivity contribution in [3.05, 3.63) is 17.5 Å². The highest BCUT2D eigenvalue weighted by Crippen LogP contribution is 2.33. The van der Waals surface area contributed by atoms with Crippen molar-refractivity contribution in [1.82, 2.24) is 14.7 Å². The van der Waals surface area contributed by atoms with Crippen LogP contribution in [0.15, 0.2) is 6.20 Å². The highest BCUT2D eigenvalue weighted by molar-refractivity contribution is 8.00. The Morgan fingerprint density at radius 1 is 1.55 bits per heavy atom. The minimum Gasteiger partial charge on any atom is -0.480 e. The van der Waals surface area contributed by atoms with Gasteiger partial charge in [-0.3, -0.25) is 9.48 Å². The second-order valence-electron chi connectivity index (χ2n) is 4.91. The molecule has 1 aliphatic rings. The lowest BCUT2D eigenvalue weighted by Crippen LogP contribution is -2.45. The van der Waals surface area contributed by atoms with E-state index in [-0.39, 0.29) is 11.3 Å². The smallest absolute Gasteiger partial charge is 0.327 e. The number of carbonyl (C=O) groups is 2. The van der Waals surface area contributed by atoms with Gasteiger partial charge in [-0.2, -0.15) is 5.10 Å². The first-order valence-corrected chi connectivity index (χ1v) is 7.67. The number of carboxylic acids is 1. The maximum atomic E-state index is 12.7. The highest BCUT2D eigenvalue weighted by Gasteiger charge is 2.42. The number of nitrogens with zero attached hydrogens (tertiary/aromatic N) is 3. The topological polar surface area (TPSA) is 75.4 Å². The van der Waals surface area contributed by atoms with Gasteiger partial charge in [0, 0.05) is 18.5 Å². The first kappa shape index (κ1) is 14.9. The number of aliphatic carboxylic acids is 1. The molecule has 110 valence electrons. The number of hydrogen-bond donors (Lipinski definition) is 1. The molecule has 1 saturated heterocycles. The summed E-state index contributed by atoms with van der Waals surface area (Å²) in [6.07, 6.45) is 3.24. The molecule has 7 heteroatoms. The monoisotopic (exact) mass is 297 g/mol. The Bertz CT molecular complexity index is 529. The minimum absolute atomic E-state index is 0.0618. The van der Waals surface area contributed by atoms with Gasteiger partial charge in [0.25, 0.3) is 5.91 Å². The third kappa shape index (κ3) is 2.54. The Hall–Kier alpha value is -1.50. The molecule has 0 radical (unpaired) electrons. The average molecular weight is 297 g/mol. The van der Waals surface area contributed by atoms with E-state index in [0.29, 0.717) is 11.3 Å². The summed E-state index contributed by atoms with van der Waals surface area (Å²) < 4.78 is 1.63. The number of rotatable bonds is 4. The molecule has 1 aromatic rings. The van der Waals surface area contributed by atoms with Crippen molar-refractivity contribution in [1.29, 1.82) is 0 Å². The van der Waals surface area contributed by atoms with E-state index >= 15 is 0 Å². The molecule has 2 rings (SSSR count). The molecule has 0 aromatic carbocycles. The van der Waals surface area contributed by atoms with Crippen molar-refractivity contribution in [3.8, 4) is 0 Å². The molecular weight excluding hydrogens is 278 g/mol. The maximum absolute atomic E-state index is 12.7. The lowest BCUT2D eigenvalue weighted by molar-refractivity contribution is -0.141. The highest BCUT2D eigenvalue weighted by atomic mass is 32.2. The van der Waals surface area contributed by atoms with Crippen LogP contribution >= 0.6 is 11.8 Å². The number of amides is 1. The molecular formula is C13H19N3O3S. The van der Waals surface area contributed by atoms with Gasteiger partial charge in [0.2, 0.25) is 0 Å². The van der Waals surface area contributed by atoms with Crippen molar-refractivity contribution < 1.29 is 14.7 Å². The predicted molar refractivity (Wildman–Crippen MR) is 76.7 cm³/mol. The van der Waals surface area contributed by atoms with E-state index < -0.39 is 12.0 Å². The van der Waals surface area contributed by atoms with Crippen LogP contribution < -0.4 is 0 Å². The molecule has 0 aliphatic carbocycles. The Morgan fingerprint density at radius 3 is 2.75 bits per heavy atom. The summed E-state index contributed by atoms with van der Waals surface area (Å²) in [4.78, 5) is 25.6. The summed E-state index contributed by atoms with van der Waals surface area (Å²) in [6.45, 7) is 3.85. The molecule has 0 spiro atoms. The van der Waals surface area contributed by atoms with Crippen molar-refractivity contribution in [2.45, 2.75) is 38.1 Å². The van der Waals surface area contributed by atoms with E-state index in [2.05, 4.69) is 5.10 Å². The number of thioether (sulfide) groups is 1. The summed E-state index contributed by atoms with van der Waals surface area (Å²) in [6, 6.07) is -0.747. The third-order valence-corrected chi connectivity index (χ3v) is 4.97. The van der Waals surface area contributed by atoms with Crippen molar-refractivity contribution >= 4 is 23.6 Å². The molecule has 2 heterocycles. The molecule has 2 atom stereocenters. The van der Waals surface area contributed by atoms with Gasteiger partial charge in [-0.15, -0.1) is 11.8 Å². The van der Waals surface area contributed by atoms with Crippen LogP contribution in [-0.2, 0) is 11.8 Å². The quantitative estimate of drug-likeness (QED) is 0.911. The average Bonchev–Trinajstić information content (AvgIpc) is 2.95. The van der Waals surface area contributed by atoms with Gasteiger partial charge in [-0.05, 0) is 13.3 Å². The first-order valence-electron chi connectivity index (χ1n) is 6.63. The van der Waals surface area contributed by atoms with E-state index in [0.717, 1.165) is 18.5 Å². The van der Waals surface area contributed by atoms with Gasteiger partial charge >= 0.3 is 5.97 Å². The Balaban J connectivity index is 2.32. The van der Waals surface area contributed by atoms with Gasteiger partial charge in [0.15, 0.2) is 0 Å². The fraction of sp³-hybridized carbons (Fsp3) is 0.615. The minimum atomic E-state index is -0.939. The van der Waals surface area contributed by atoms with Crippen LogP contribution in [0.2, 0.25) is 0 Å². The number of carbonyl (C=O) groups excluding carboxylic acids is 1. The Labute approximate surface area is 122 Å². The second kappa shape index (κ2) is 5.87. The number of carboxylic acid groups (broad SMARTS) is 1. The fourth-order valence-corrected chi connectivity index (χ4v) is 3.86. The number of hydrogen-bond acceptors (Lipinski definition) is 4. The number of aromatic nitrogens is 2. The summed E-state index contributed by atoms with van der Waals surface area (Å²) in [5.41, 5.74) is 1.24. The van der Waals surface area contributed by atoms with Crippen LogP contribution in [-0.4, -0.2) is 48.8 Å². The molecule has 6 nitrogen and oxygen atoms in total. The lowest BCUT2D eigenvalue weighted by atomic mass is 10.1. The zero-order valence-electron chi connectivity index (χ0n) is 11.9. The van der Waals surface area contributed by atoms with Crippen molar-refractivity contribution in [2.75, 3.05) is 5.75 Å². The summed E-state index contributed by atoms with van der Waals surface area (Å²) in [7, 11) is 1.77. The van der Waals surface area contributed by atoms with Crippen LogP contribution in [0, 0.1) is 6.92 Å². The largest absolute Gasteiger partial charge is 0.480 e. The van der Waals surface area contributed by atoms with Gasteiger partial charge in [0.1, 0.15) is 6.04 Å². The lowest BCUT2D eigenvalue weighted by Gasteiger charge is -2.27. The van der Waals surface area contributed by atoms with Gasteiger partial charge in [0.05, 0.1) is 17.1 Å². The SMILES string of the molecule is CCCC1SCC(C(=O)O)N1C(=O)c1cnn(C)c1C. The Morgan fingerprint density at radius 2 is 2.25 bits per heavy atom. The van der Waals surface area contributed by atoms with Crippen molar-refractivity contribution in [3.63, 3.8) is 0 Å². The zero-order chi connectivity index (χ0) is 14.9. The summed E-state index contributed by atoms with van der Waals surface area (Å²) in [5, 5.41) is 13.3. The molecule has 0 bridgehead atoms. The molecule has 2 unspecified atom stereocenters. The molecule has 1 aliphatic heterocycles. The van der Waals surface area contributed by atoms with Crippen LogP contribution in [0.5, 0.6) is 0 Å². The van der Waals surface area contributed by atoms with Gasteiger partial charge in [-0.25, -0.2) is 4.79 Å². The van der Waals surface area contributed by atoms with E-state index in [4.69, 9.17) is 0 Å². The molecule has 1 amide bonds. The van der Waals surface area contributed by atoms with E-state index in [1.54, 1.807) is 23.5 Å². The molecule has 1 N–H and O–H groups in total. The van der Waals surface area contributed by atoms with E-state index in [1.165, 1.54) is 11.1 Å². The third-order valence-electron chi connectivity index (χ3n) is 3.61. The number of aryl methyl sites for hydroxylation is 1. The summed E-state index contributed by atoms with van der Waals surface area (Å²) >= 11 is 1.54. The van der Waals surface area contributed by atoms with Crippen LogP contribution in [0.25, 0.3) is 0 Å². The molecule has 1 aromatic heterocycles. The van der Waals surface area contributed by atoms with Crippen molar-refractivity contribution in [2.24, 2.45) is 7.05 Å². The second-order valence-corrected chi connectivity index (χ2v) is 6.12. The van der Waals surface area contributed by atoms with Gasteiger partial charge < -0.3 is 10.0 Å². The fourth-order valence-electron chi connectivity index (χ4n) is 2.34. The first-order chi connectivity index (χ1) is 9.47. The van der Waals surface area contributed by atoms with E-state index in [9.17, 15) is 14.7 Å². The Kier molecular flexibility index (Phi) is 4.37. The zero-order valence-corrected chi connectivity index (χ0v) is 12.7. The molecule has 1 fully saturated rings.